The van der Waals surface area contributed by atoms with Gasteiger partial charge >= 0.3 is 0 Å². The highest BCUT2D eigenvalue weighted by molar-refractivity contribution is 4.86. The van der Waals surface area contributed by atoms with Crippen LogP contribution in [0.1, 0.15) is 33.6 Å². The van der Waals surface area contributed by atoms with Gasteiger partial charge in [0, 0.05) is 6.54 Å². The second-order valence-electron chi connectivity index (χ2n) is 5.83. The molecule has 3 heteroatoms. The Bertz CT molecular complexity index is 194. The third kappa shape index (κ3) is 3.72. The predicted octanol–water partition coefficient (Wildman–Crippen LogP) is 1.32. The lowest BCUT2D eigenvalue weighted by Gasteiger charge is -2.39. The summed E-state index contributed by atoms with van der Waals surface area (Å²) in [5.41, 5.74) is -0.148. The molecule has 1 aliphatic rings. The number of hydrogen-bond acceptors (Lipinski definition) is 3. The van der Waals surface area contributed by atoms with E-state index in [2.05, 4.69) is 31.0 Å². The number of nitrogens with zero attached hydrogens (tertiary/aromatic N) is 1. The van der Waals surface area contributed by atoms with Crippen molar-refractivity contribution in [1.82, 2.24) is 10.2 Å². The average molecular weight is 228 g/mol. The molecule has 1 rings (SSSR count). The number of aliphatic hydroxyl groups excluding tert-OH is 1. The third-order valence-electron chi connectivity index (χ3n) is 4.10. The van der Waals surface area contributed by atoms with Crippen LogP contribution in [0.3, 0.4) is 0 Å². The fourth-order valence-electron chi connectivity index (χ4n) is 2.48. The lowest BCUT2D eigenvalue weighted by Crippen LogP contribution is -2.54. The molecular formula is C13H28N2O. The monoisotopic (exact) mass is 228 g/mol. The molecule has 0 aromatic rings. The molecule has 1 atom stereocenters. The summed E-state index contributed by atoms with van der Waals surface area (Å²) in [6.07, 6.45) is 2.62. The normalized spacial score (nSPS) is 23.6. The topological polar surface area (TPSA) is 35.5 Å². The molecule has 1 fully saturated rings. The van der Waals surface area contributed by atoms with E-state index in [1.165, 1.54) is 25.9 Å². The first-order valence-electron chi connectivity index (χ1n) is 6.53. The molecule has 0 saturated carbocycles. The summed E-state index contributed by atoms with van der Waals surface area (Å²) >= 11 is 0. The van der Waals surface area contributed by atoms with Crippen molar-refractivity contribution in [3.8, 4) is 0 Å². The minimum Gasteiger partial charge on any atom is -0.394 e. The van der Waals surface area contributed by atoms with Crippen LogP contribution in [0.25, 0.3) is 0 Å². The minimum atomic E-state index is -0.148. The first-order valence-corrected chi connectivity index (χ1v) is 6.53. The van der Waals surface area contributed by atoms with Crippen LogP contribution in [-0.4, -0.2) is 48.8 Å². The Labute approximate surface area is 100 Å². The molecular weight excluding hydrogens is 200 g/mol. The number of nitrogens with one attached hydrogen (secondary N) is 1. The predicted molar refractivity (Wildman–Crippen MR) is 68.6 cm³/mol. The molecule has 0 aromatic heterocycles. The highest BCUT2D eigenvalue weighted by atomic mass is 16.3. The Morgan fingerprint density at radius 1 is 1.38 bits per heavy atom. The summed E-state index contributed by atoms with van der Waals surface area (Å²) in [6, 6.07) is 0. The summed E-state index contributed by atoms with van der Waals surface area (Å²) in [6.45, 7) is 10.2. The van der Waals surface area contributed by atoms with Crippen molar-refractivity contribution in [2.75, 3.05) is 33.3 Å². The summed E-state index contributed by atoms with van der Waals surface area (Å²) in [5, 5.41) is 12.6. The molecule has 96 valence electrons. The summed E-state index contributed by atoms with van der Waals surface area (Å²) in [7, 11) is 1.93. The molecule has 0 aromatic carbocycles. The number of aliphatic hydroxyl groups is 1. The van der Waals surface area contributed by atoms with Crippen molar-refractivity contribution in [2.24, 2.45) is 11.8 Å². The second-order valence-corrected chi connectivity index (χ2v) is 5.83. The Balaban J connectivity index is 2.37. The van der Waals surface area contributed by atoms with E-state index < -0.39 is 0 Å². The fraction of sp³-hybridized carbons (Fsp3) is 1.00. The van der Waals surface area contributed by atoms with Crippen LogP contribution in [0.4, 0.5) is 0 Å². The standard InChI is InChI=1S/C13H28N2O/c1-11(2)12-5-7-15(8-6-12)9-13(3,10-16)14-4/h11-12,14,16H,5-10H2,1-4H3. The van der Waals surface area contributed by atoms with Gasteiger partial charge in [-0.15, -0.1) is 0 Å². The van der Waals surface area contributed by atoms with Gasteiger partial charge in [-0.3, -0.25) is 0 Å². The van der Waals surface area contributed by atoms with E-state index in [1.54, 1.807) is 0 Å². The zero-order valence-corrected chi connectivity index (χ0v) is 11.3. The van der Waals surface area contributed by atoms with Gasteiger partial charge < -0.3 is 15.3 Å². The number of rotatable bonds is 5. The lowest BCUT2D eigenvalue weighted by molar-refractivity contribution is 0.0924. The molecule has 0 amide bonds. The maximum Gasteiger partial charge on any atom is 0.0623 e. The minimum absolute atomic E-state index is 0.148. The molecule has 1 heterocycles. The van der Waals surface area contributed by atoms with Crippen LogP contribution in [0.15, 0.2) is 0 Å². The summed E-state index contributed by atoms with van der Waals surface area (Å²) in [5.74, 6) is 1.71. The van der Waals surface area contributed by atoms with E-state index >= 15 is 0 Å². The maximum atomic E-state index is 9.37. The maximum absolute atomic E-state index is 9.37. The fourth-order valence-corrected chi connectivity index (χ4v) is 2.48. The van der Waals surface area contributed by atoms with Gasteiger partial charge in [0.1, 0.15) is 0 Å². The van der Waals surface area contributed by atoms with Gasteiger partial charge in [0.15, 0.2) is 0 Å². The smallest absolute Gasteiger partial charge is 0.0623 e. The van der Waals surface area contributed by atoms with Gasteiger partial charge in [-0.2, -0.15) is 0 Å². The van der Waals surface area contributed by atoms with E-state index in [9.17, 15) is 5.11 Å². The van der Waals surface area contributed by atoms with E-state index in [4.69, 9.17) is 0 Å². The molecule has 1 unspecified atom stereocenters. The van der Waals surface area contributed by atoms with Gasteiger partial charge in [-0.1, -0.05) is 13.8 Å². The van der Waals surface area contributed by atoms with Crippen molar-refractivity contribution in [3.63, 3.8) is 0 Å². The lowest BCUT2D eigenvalue weighted by atomic mass is 9.86. The Morgan fingerprint density at radius 2 is 1.94 bits per heavy atom. The molecule has 0 bridgehead atoms. The Hall–Kier alpha value is -0.120. The van der Waals surface area contributed by atoms with Crippen LogP contribution < -0.4 is 5.32 Å². The van der Waals surface area contributed by atoms with E-state index in [1.807, 2.05) is 7.05 Å². The molecule has 1 aliphatic heterocycles. The van der Waals surface area contributed by atoms with Gasteiger partial charge in [0.05, 0.1) is 12.1 Å². The van der Waals surface area contributed by atoms with Crippen LogP contribution >= 0.6 is 0 Å². The third-order valence-corrected chi connectivity index (χ3v) is 4.10. The second kappa shape index (κ2) is 5.99. The van der Waals surface area contributed by atoms with Crippen LogP contribution in [0.5, 0.6) is 0 Å². The summed E-state index contributed by atoms with van der Waals surface area (Å²) in [4.78, 5) is 2.48. The number of likely N-dealkylation sites (N-methyl/N-ethyl adjacent to an activating group) is 1. The molecule has 16 heavy (non-hydrogen) atoms. The molecule has 0 radical (unpaired) electrons. The van der Waals surface area contributed by atoms with Gasteiger partial charge in [0.25, 0.3) is 0 Å². The van der Waals surface area contributed by atoms with E-state index in [-0.39, 0.29) is 12.1 Å². The zero-order valence-electron chi connectivity index (χ0n) is 11.3. The quantitative estimate of drug-likeness (QED) is 0.745. The van der Waals surface area contributed by atoms with E-state index in [0.717, 1.165) is 18.4 Å². The van der Waals surface area contributed by atoms with Gasteiger partial charge in [-0.05, 0) is 51.7 Å². The van der Waals surface area contributed by atoms with Crippen LogP contribution in [0.2, 0.25) is 0 Å². The summed E-state index contributed by atoms with van der Waals surface area (Å²) < 4.78 is 0. The zero-order chi connectivity index (χ0) is 12.2. The average Bonchev–Trinajstić information content (AvgIpc) is 2.29. The molecule has 2 N–H and O–H groups in total. The van der Waals surface area contributed by atoms with Crippen LogP contribution in [-0.2, 0) is 0 Å². The molecule has 0 aliphatic carbocycles. The van der Waals surface area contributed by atoms with Gasteiger partial charge in [0.2, 0.25) is 0 Å². The Morgan fingerprint density at radius 3 is 2.31 bits per heavy atom. The van der Waals surface area contributed by atoms with Crippen molar-refractivity contribution in [3.05, 3.63) is 0 Å². The first kappa shape index (κ1) is 13.9. The highest BCUT2D eigenvalue weighted by Gasteiger charge is 2.28. The van der Waals surface area contributed by atoms with Crippen molar-refractivity contribution in [1.29, 1.82) is 0 Å². The highest BCUT2D eigenvalue weighted by Crippen LogP contribution is 2.25. The Kier molecular flexibility index (Phi) is 5.22. The molecule has 1 saturated heterocycles. The molecule has 0 spiro atoms. The van der Waals surface area contributed by atoms with Crippen molar-refractivity contribution >= 4 is 0 Å². The van der Waals surface area contributed by atoms with Crippen molar-refractivity contribution < 1.29 is 5.11 Å². The number of hydrogen-bond donors (Lipinski definition) is 2. The largest absolute Gasteiger partial charge is 0.394 e. The number of piperidine rings is 1. The first-order chi connectivity index (χ1) is 7.50. The van der Waals surface area contributed by atoms with Crippen LogP contribution in [0, 0.1) is 11.8 Å². The molecule has 3 nitrogen and oxygen atoms in total. The van der Waals surface area contributed by atoms with E-state index in [0.29, 0.717) is 0 Å². The van der Waals surface area contributed by atoms with Crippen molar-refractivity contribution in [2.45, 2.75) is 39.2 Å². The van der Waals surface area contributed by atoms with Gasteiger partial charge in [-0.25, -0.2) is 0 Å². The number of likely N-dealkylation sites (tertiary alicyclic amines) is 1. The SMILES string of the molecule is CNC(C)(CO)CN1CCC(C(C)C)CC1.